The van der Waals surface area contributed by atoms with Gasteiger partial charge in [0.1, 0.15) is 0 Å². The van der Waals surface area contributed by atoms with Crippen LogP contribution in [0.4, 0.5) is 0 Å². The molecule has 2 nitrogen and oxygen atoms in total. The molecule has 0 radical (unpaired) electrons. The summed E-state index contributed by atoms with van der Waals surface area (Å²) in [5, 5.41) is 15.5. The van der Waals surface area contributed by atoms with E-state index in [0.29, 0.717) is 0 Å². The highest BCUT2D eigenvalue weighted by Crippen LogP contribution is 2.26. The molecule has 0 amide bonds. The molecule has 2 rings (SSSR count). The molecule has 3 heteroatoms. The third-order valence-electron chi connectivity index (χ3n) is 3.66. The van der Waals surface area contributed by atoms with Crippen LogP contribution in [0.2, 0.25) is 0 Å². The third kappa shape index (κ3) is 3.24. The van der Waals surface area contributed by atoms with E-state index in [9.17, 15) is 5.11 Å². The molecule has 1 atom stereocenters. The second-order valence-electron chi connectivity index (χ2n) is 4.89. The number of aliphatic hydroxyl groups is 1. The van der Waals surface area contributed by atoms with Gasteiger partial charge in [-0.3, -0.25) is 0 Å². The number of rotatable bonds is 6. The maximum atomic E-state index is 9.87. The fourth-order valence-corrected chi connectivity index (χ4v) is 2.88. The van der Waals surface area contributed by atoms with E-state index in [4.69, 9.17) is 0 Å². The van der Waals surface area contributed by atoms with Crippen molar-refractivity contribution in [1.82, 2.24) is 5.32 Å². The first-order valence-electron chi connectivity index (χ1n) is 6.65. The predicted molar refractivity (Wildman–Crippen MR) is 81.4 cm³/mol. The summed E-state index contributed by atoms with van der Waals surface area (Å²) in [6.07, 6.45) is 0.859. The van der Waals surface area contributed by atoms with Gasteiger partial charge in [-0.05, 0) is 30.4 Å². The van der Waals surface area contributed by atoms with Gasteiger partial charge in [-0.1, -0.05) is 42.8 Å². The summed E-state index contributed by atoms with van der Waals surface area (Å²) < 4.78 is 0. The van der Waals surface area contributed by atoms with Crippen molar-refractivity contribution in [2.24, 2.45) is 0 Å². The molecule has 0 aliphatic rings. The number of aliphatic hydroxyl groups excluding tert-OH is 1. The Labute approximate surface area is 119 Å². The van der Waals surface area contributed by atoms with Crippen LogP contribution in [0.25, 0.3) is 0 Å². The summed E-state index contributed by atoms with van der Waals surface area (Å²) in [4.78, 5) is 1.29. The zero-order valence-electron chi connectivity index (χ0n) is 11.5. The monoisotopic (exact) mass is 275 g/mol. The minimum Gasteiger partial charge on any atom is -0.394 e. The van der Waals surface area contributed by atoms with Crippen molar-refractivity contribution < 1.29 is 5.11 Å². The topological polar surface area (TPSA) is 32.3 Å². The van der Waals surface area contributed by atoms with E-state index in [1.807, 2.05) is 0 Å². The number of nitrogens with one attached hydrogen (secondary N) is 1. The third-order valence-corrected chi connectivity index (χ3v) is 4.54. The van der Waals surface area contributed by atoms with E-state index >= 15 is 0 Å². The fourth-order valence-electron chi connectivity index (χ4n) is 2.23. The SMILES string of the molecule is CCC(CO)(NCc1cccs1)c1ccc(C)cc1. The van der Waals surface area contributed by atoms with Crippen molar-refractivity contribution in [3.05, 3.63) is 57.8 Å². The molecule has 0 saturated carbocycles. The summed E-state index contributed by atoms with van der Waals surface area (Å²) in [6, 6.07) is 12.6. The van der Waals surface area contributed by atoms with Crippen LogP contribution in [-0.2, 0) is 12.1 Å². The van der Waals surface area contributed by atoms with Crippen molar-refractivity contribution in [3.8, 4) is 0 Å². The van der Waals surface area contributed by atoms with Crippen LogP contribution in [0.5, 0.6) is 0 Å². The second kappa shape index (κ2) is 6.33. The Hall–Kier alpha value is -1.16. The predicted octanol–water partition coefficient (Wildman–Crippen LogP) is 3.44. The second-order valence-corrected chi connectivity index (χ2v) is 5.92. The molecule has 0 fully saturated rings. The molecule has 0 bridgehead atoms. The summed E-state index contributed by atoms with van der Waals surface area (Å²) in [6.45, 7) is 5.09. The molecular formula is C16H21NOS. The van der Waals surface area contributed by atoms with Crippen molar-refractivity contribution in [2.45, 2.75) is 32.4 Å². The van der Waals surface area contributed by atoms with E-state index in [-0.39, 0.29) is 12.1 Å². The molecule has 1 aromatic heterocycles. The Bertz CT molecular complexity index is 486. The molecule has 2 N–H and O–H groups in total. The van der Waals surface area contributed by atoms with Gasteiger partial charge in [0.05, 0.1) is 12.1 Å². The van der Waals surface area contributed by atoms with Crippen molar-refractivity contribution in [2.75, 3.05) is 6.61 Å². The number of hydrogen-bond donors (Lipinski definition) is 2. The Morgan fingerprint density at radius 3 is 2.47 bits per heavy atom. The van der Waals surface area contributed by atoms with Gasteiger partial charge < -0.3 is 10.4 Å². The molecule has 102 valence electrons. The van der Waals surface area contributed by atoms with Gasteiger partial charge in [-0.25, -0.2) is 0 Å². The van der Waals surface area contributed by atoms with Gasteiger partial charge in [0.15, 0.2) is 0 Å². The van der Waals surface area contributed by atoms with Gasteiger partial charge in [0.2, 0.25) is 0 Å². The minimum atomic E-state index is -0.350. The van der Waals surface area contributed by atoms with E-state index in [1.165, 1.54) is 10.4 Å². The lowest BCUT2D eigenvalue weighted by molar-refractivity contribution is 0.154. The van der Waals surface area contributed by atoms with Crippen LogP contribution < -0.4 is 5.32 Å². The first-order valence-corrected chi connectivity index (χ1v) is 7.53. The molecule has 0 aliphatic heterocycles. The van der Waals surface area contributed by atoms with Crippen molar-refractivity contribution in [3.63, 3.8) is 0 Å². The number of benzene rings is 1. The van der Waals surface area contributed by atoms with Crippen LogP contribution in [0.1, 0.15) is 29.3 Å². The van der Waals surface area contributed by atoms with Crippen LogP contribution >= 0.6 is 11.3 Å². The number of thiophene rings is 1. The average molecular weight is 275 g/mol. The van der Waals surface area contributed by atoms with Crippen LogP contribution in [0.15, 0.2) is 41.8 Å². The Kier molecular flexibility index (Phi) is 4.75. The molecule has 0 aliphatic carbocycles. The molecule has 19 heavy (non-hydrogen) atoms. The van der Waals surface area contributed by atoms with E-state index < -0.39 is 0 Å². The van der Waals surface area contributed by atoms with Crippen molar-refractivity contribution in [1.29, 1.82) is 0 Å². The zero-order valence-corrected chi connectivity index (χ0v) is 12.3. The molecular weight excluding hydrogens is 254 g/mol. The quantitative estimate of drug-likeness (QED) is 0.846. The van der Waals surface area contributed by atoms with Crippen molar-refractivity contribution >= 4 is 11.3 Å². The molecule has 2 aromatic rings. The fraction of sp³-hybridized carbons (Fsp3) is 0.375. The normalized spacial score (nSPS) is 14.3. The Morgan fingerprint density at radius 2 is 1.95 bits per heavy atom. The van der Waals surface area contributed by atoms with Gasteiger partial charge >= 0.3 is 0 Å². The van der Waals surface area contributed by atoms with Gasteiger partial charge in [0.25, 0.3) is 0 Å². The summed E-state index contributed by atoms with van der Waals surface area (Å²) in [5.41, 5.74) is 2.04. The maximum absolute atomic E-state index is 9.87. The van der Waals surface area contributed by atoms with E-state index in [1.54, 1.807) is 11.3 Å². The summed E-state index contributed by atoms with van der Waals surface area (Å²) >= 11 is 1.74. The highest BCUT2D eigenvalue weighted by atomic mass is 32.1. The Morgan fingerprint density at radius 1 is 1.21 bits per heavy atom. The standard InChI is InChI=1S/C16H21NOS/c1-3-16(12-18,14-8-6-13(2)7-9-14)17-11-15-5-4-10-19-15/h4-10,17-18H,3,11-12H2,1-2H3. The number of aryl methyl sites for hydroxylation is 1. The van der Waals surface area contributed by atoms with Gasteiger partial charge in [0, 0.05) is 11.4 Å². The molecule has 1 heterocycles. The Balaban J connectivity index is 2.19. The highest BCUT2D eigenvalue weighted by molar-refractivity contribution is 7.09. The van der Waals surface area contributed by atoms with Crippen LogP contribution in [0.3, 0.4) is 0 Å². The lowest BCUT2D eigenvalue weighted by Crippen LogP contribution is -2.44. The molecule has 1 unspecified atom stereocenters. The lowest BCUT2D eigenvalue weighted by atomic mass is 9.87. The molecule has 0 spiro atoms. The summed E-state index contributed by atoms with van der Waals surface area (Å²) in [7, 11) is 0. The van der Waals surface area contributed by atoms with E-state index in [2.05, 4.69) is 60.9 Å². The van der Waals surface area contributed by atoms with E-state index in [0.717, 1.165) is 18.5 Å². The highest BCUT2D eigenvalue weighted by Gasteiger charge is 2.28. The number of hydrogen-bond acceptors (Lipinski definition) is 3. The minimum absolute atomic E-state index is 0.109. The molecule has 0 saturated heterocycles. The first kappa shape index (κ1) is 14.3. The van der Waals surface area contributed by atoms with Crippen LogP contribution in [0, 0.1) is 6.92 Å². The van der Waals surface area contributed by atoms with Gasteiger partial charge in [-0.2, -0.15) is 0 Å². The maximum Gasteiger partial charge on any atom is 0.0669 e. The lowest BCUT2D eigenvalue weighted by Gasteiger charge is -2.33. The average Bonchev–Trinajstić information content (AvgIpc) is 2.95. The zero-order chi connectivity index (χ0) is 13.7. The largest absolute Gasteiger partial charge is 0.394 e. The van der Waals surface area contributed by atoms with Crippen LogP contribution in [-0.4, -0.2) is 11.7 Å². The molecule has 1 aromatic carbocycles. The smallest absolute Gasteiger partial charge is 0.0669 e. The first-order chi connectivity index (χ1) is 9.20. The van der Waals surface area contributed by atoms with Gasteiger partial charge in [-0.15, -0.1) is 11.3 Å². The summed E-state index contributed by atoms with van der Waals surface area (Å²) in [5.74, 6) is 0.